The lowest BCUT2D eigenvalue weighted by atomic mass is 10.3. The van der Waals surface area contributed by atoms with Crippen LogP contribution in [0.2, 0.25) is 0 Å². The number of alkyl halides is 1. The molecular formula is C6H4BrFN. The molecule has 9 heavy (non-hydrogen) atoms. The van der Waals surface area contributed by atoms with Gasteiger partial charge in [-0.05, 0) is 6.07 Å². The van der Waals surface area contributed by atoms with Crippen molar-refractivity contribution >= 4 is 15.9 Å². The molecule has 0 fully saturated rings. The number of nitrogens with zero attached hydrogens (tertiary/aromatic N) is 1. The highest BCUT2D eigenvalue weighted by atomic mass is 79.9. The van der Waals surface area contributed by atoms with Crippen LogP contribution in [0.5, 0.6) is 0 Å². The second kappa shape index (κ2) is 2.92. The summed E-state index contributed by atoms with van der Waals surface area (Å²) in [6.45, 7) is 0. The molecule has 0 spiro atoms. The van der Waals surface area contributed by atoms with E-state index >= 15 is 0 Å². The Balaban J connectivity index is 3.01. The molecule has 0 saturated carbocycles. The maximum absolute atomic E-state index is 12.5. The van der Waals surface area contributed by atoms with E-state index in [0.29, 0.717) is 10.9 Å². The van der Waals surface area contributed by atoms with Crippen LogP contribution in [0.3, 0.4) is 0 Å². The molecule has 0 bridgehead atoms. The third kappa shape index (κ3) is 1.48. The molecule has 0 saturated heterocycles. The SMILES string of the molecule is Fc1cn[c]cc1CBr. The Bertz CT molecular complexity index is 202. The Kier molecular flexibility index (Phi) is 2.16. The fraction of sp³-hybridized carbons (Fsp3) is 0.167. The Hall–Kier alpha value is -0.440. The lowest BCUT2D eigenvalue weighted by Gasteiger charge is -1.92. The third-order valence-corrected chi connectivity index (χ3v) is 1.55. The van der Waals surface area contributed by atoms with E-state index < -0.39 is 0 Å². The van der Waals surface area contributed by atoms with Gasteiger partial charge in [-0.1, -0.05) is 15.9 Å². The van der Waals surface area contributed by atoms with Gasteiger partial charge in [-0.2, -0.15) is 0 Å². The second-order valence-electron chi connectivity index (χ2n) is 1.54. The molecule has 0 aliphatic heterocycles. The summed E-state index contributed by atoms with van der Waals surface area (Å²) < 4.78 is 12.5. The Labute approximate surface area is 61.0 Å². The first-order chi connectivity index (χ1) is 4.34. The predicted octanol–water partition coefficient (Wildman–Crippen LogP) is 1.92. The smallest absolute Gasteiger partial charge is 0.145 e. The van der Waals surface area contributed by atoms with E-state index in [2.05, 4.69) is 27.1 Å². The summed E-state index contributed by atoms with van der Waals surface area (Å²) in [6, 6.07) is 1.52. The predicted molar refractivity (Wildman–Crippen MR) is 35.7 cm³/mol. The first-order valence-electron chi connectivity index (χ1n) is 2.41. The molecule has 0 aromatic carbocycles. The highest BCUT2D eigenvalue weighted by Crippen LogP contribution is 2.07. The van der Waals surface area contributed by atoms with Gasteiger partial charge in [-0.25, -0.2) is 4.39 Å². The lowest BCUT2D eigenvalue weighted by molar-refractivity contribution is 0.611. The molecule has 1 aromatic heterocycles. The summed E-state index contributed by atoms with van der Waals surface area (Å²) in [5.41, 5.74) is 0.588. The Morgan fingerprint density at radius 1 is 1.78 bits per heavy atom. The van der Waals surface area contributed by atoms with Crippen LogP contribution >= 0.6 is 15.9 Å². The number of pyridine rings is 1. The van der Waals surface area contributed by atoms with Crippen LogP contribution in [-0.4, -0.2) is 4.98 Å². The standard InChI is InChI=1S/C6H4BrFN/c7-3-5-1-2-9-4-6(5)8/h1,4H,3H2. The van der Waals surface area contributed by atoms with E-state index in [1.54, 1.807) is 0 Å². The van der Waals surface area contributed by atoms with E-state index in [1.165, 1.54) is 6.07 Å². The summed E-state index contributed by atoms with van der Waals surface area (Å²) >= 11 is 3.12. The average molecular weight is 189 g/mol. The summed E-state index contributed by atoms with van der Waals surface area (Å²) in [5, 5.41) is 0.512. The van der Waals surface area contributed by atoms with Gasteiger partial charge in [0.2, 0.25) is 0 Å². The molecule has 1 heterocycles. The molecule has 0 unspecified atom stereocenters. The molecule has 1 nitrogen and oxygen atoms in total. The van der Waals surface area contributed by atoms with E-state index in [9.17, 15) is 4.39 Å². The van der Waals surface area contributed by atoms with Crippen molar-refractivity contribution in [3.63, 3.8) is 0 Å². The lowest BCUT2D eigenvalue weighted by Crippen LogP contribution is -1.85. The number of hydrogen-bond donors (Lipinski definition) is 0. The molecule has 47 valence electrons. The van der Waals surface area contributed by atoms with Crippen molar-refractivity contribution in [2.45, 2.75) is 5.33 Å². The highest BCUT2D eigenvalue weighted by Gasteiger charge is 1.96. The molecule has 0 amide bonds. The monoisotopic (exact) mass is 188 g/mol. The average Bonchev–Trinajstić information content (AvgIpc) is 1.89. The van der Waals surface area contributed by atoms with Crippen molar-refractivity contribution in [2.24, 2.45) is 0 Å². The fourth-order valence-corrected chi connectivity index (χ4v) is 0.893. The molecule has 1 aromatic rings. The number of rotatable bonds is 1. The molecule has 1 rings (SSSR count). The molecule has 1 radical (unpaired) electrons. The molecule has 3 heteroatoms. The summed E-state index contributed by atoms with van der Waals surface area (Å²) in [7, 11) is 0. The van der Waals surface area contributed by atoms with Gasteiger partial charge in [0.1, 0.15) is 5.82 Å². The van der Waals surface area contributed by atoms with Gasteiger partial charge in [-0.3, -0.25) is 4.98 Å². The minimum absolute atomic E-state index is 0.286. The van der Waals surface area contributed by atoms with Crippen molar-refractivity contribution in [1.29, 1.82) is 0 Å². The molecule has 0 aliphatic carbocycles. The van der Waals surface area contributed by atoms with Crippen molar-refractivity contribution in [2.75, 3.05) is 0 Å². The van der Waals surface area contributed by atoms with Crippen molar-refractivity contribution in [3.05, 3.63) is 29.8 Å². The highest BCUT2D eigenvalue weighted by molar-refractivity contribution is 9.08. The van der Waals surface area contributed by atoms with Gasteiger partial charge in [0.25, 0.3) is 0 Å². The summed E-state index contributed by atoms with van der Waals surface area (Å²) in [4.78, 5) is 3.47. The normalized spacial score (nSPS) is 9.56. The van der Waals surface area contributed by atoms with Crippen LogP contribution < -0.4 is 0 Å². The molecular weight excluding hydrogens is 185 g/mol. The minimum Gasteiger partial charge on any atom is -0.252 e. The van der Waals surface area contributed by atoms with Crippen molar-refractivity contribution < 1.29 is 4.39 Å². The van der Waals surface area contributed by atoms with Gasteiger partial charge in [0.15, 0.2) is 0 Å². The van der Waals surface area contributed by atoms with Crippen molar-refractivity contribution in [1.82, 2.24) is 4.98 Å². The first-order valence-corrected chi connectivity index (χ1v) is 3.53. The zero-order valence-corrected chi connectivity index (χ0v) is 6.15. The Morgan fingerprint density at radius 3 is 3.00 bits per heavy atom. The molecule has 0 aliphatic rings. The quantitative estimate of drug-likeness (QED) is 0.615. The van der Waals surface area contributed by atoms with Gasteiger partial charge >= 0.3 is 0 Å². The van der Waals surface area contributed by atoms with Crippen LogP contribution in [0.4, 0.5) is 4.39 Å². The first kappa shape index (κ1) is 6.68. The van der Waals surface area contributed by atoms with Crippen LogP contribution in [0.1, 0.15) is 5.56 Å². The van der Waals surface area contributed by atoms with E-state index in [4.69, 9.17) is 0 Å². The summed E-state index contributed by atoms with van der Waals surface area (Å²) in [6.07, 6.45) is 3.68. The summed E-state index contributed by atoms with van der Waals surface area (Å²) in [5.74, 6) is -0.286. The Morgan fingerprint density at radius 2 is 2.56 bits per heavy atom. The van der Waals surface area contributed by atoms with E-state index in [1.807, 2.05) is 0 Å². The largest absolute Gasteiger partial charge is 0.252 e. The number of aromatic nitrogens is 1. The van der Waals surface area contributed by atoms with Gasteiger partial charge in [0, 0.05) is 10.9 Å². The number of halogens is 2. The topological polar surface area (TPSA) is 12.9 Å². The van der Waals surface area contributed by atoms with Gasteiger partial charge in [0.05, 0.1) is 12.4 Å². The third-order valence-electron chi connectivity index (χ3n) is 0.942. The van der Waals surface area contributed by atoms with Crippen molar-refractivity contribution in [3.8, 4) is 0 Å². The minimum atomic E-state index is -0.286. The van der Waals surface area contributed by atoms with Gasteiger partial charge in [-0.15, -0.1) is 0 Å². The number of hydrogen-bond acceptors (Lipinski definition) is 1. The second-order valence-corrected chi connectivity index (χ2v) is 2.10. The maximum Gasteiger partial charge on any atom is 0.145 e. The van der Waals surface area contributed by atoms with E-state index in [-0.39, 0.29) is 5.82 Å². The van der Waals surface area contributed by atoms with Crippen LogP contribution in [-0.2, 0) is 5.33 Å². The fourth-order valence-electron chi connectivity index (χ4n) is 0.463. The molecule has 0 N–H and O–H groups in total. The van der Waals surface area contributed by atoms with E-state index in [0.717, 1.165) is 6.20 Å². The zero-order valence-electron chi connectivity index (χ0n) is 4.56. The zero-order chi connectivity index (χ0) is 6.69. The maximum atomic E-state index is 12.5. The molecule has 0 atom stereocenters. The van der Waals surface area contributed by atoms with Crippen LogP contribution in [0.15, 0.2) is 12.3 Å². The van der Waals surface area contributed by atoms with Crippen LogP contribution in [0, 0.1) is 12.0 Å². The van der Waals surface area contributed by atoms with Gasteiger partial charge < -0.3 is 0 Å². The van der Waals surface area contributed by atoms with Crippen LogP contribution in [0.25, 0.3) is 0 Å².